The Morgan fingerprint density at radius 2 is 1.88 bits per heavy atom. The summed E-state index contributed by atoms with van der Waals surface area (Å²) in [5, 5.41) is 3.47. The predicted molar refractivity (Wildman–Crippen MR) is 96.8 cm³/mol. The second-order valence-corrected chi connectivity index (χ2v) is 8.04. The van der Waals surface area contributed by atoms with Crippen LogP contribution < -0.4 is 5.32 Å². The van der Waals surface area contributed by atoms with Crippen LogP contribution >= 0.6 is 15.9 Å². The van der Waals surface area contributed by atoms with Crippen molar-refractivity contribution in [3.8, 4) is 0 Å². The molecule has 132 valence electrons. The van der Waals surface area contributed by atoms with Crippen molar-refractivity contribution in [3.63, 3.8) is 0 Å². The molecule has 1 aromatic rings. The molecule has 1 N–H and O–H groups in total. The molecule has 5 heteroatoms. The molecule has 1 aromatic carbocycles. The summed E-state index contributed by atoms with van der Waals surface area (Å²) < 4.78 is 12.0. The number of carbonyl (C=O) groups is 1. The molecule has 24 heavy (non-hydrogen) atoms. The van der Waals surface area contributed by atoms with Crippen molar-refractivity contribution in [1.82, 2.24) is 5.32 Å². The fourth-order valence-corrected chi connectivity index (χ4v) is 4.58. The van der Waals surface area contributed by atoms with Gasteiger partial charge in [-0.05, 0) is 74.7 Å². The number of ether oxygens (including phenoxy) is 2. The Balaban J connectivity index is 1.80. The quantitative estimate of drug-likeness (QED) is 0.787. The number of esters is 1. The first kappa shape index (κ1) is 17.9. The lowest BCUT2D eigenvalue weighted by Crippen LogP contribution is -2.44. The molecular formula is C19H26BrNO3. The van der Waals surface area contributed by atoms with Gasteiger partial charge in [-0.2, -0.15) is 0 Å². The molecule has 0 radical (unpaired) electrons. The van der Waals surface area contributed by atoms with Crippen molar-refractivity contribution in [2.45, 2.75) is 44.1 Å². The normalized spacial score (nSPS) is 22.2. The molecule has 3 rings (SSSR count). The molecule has 2 fully saturated rings. The topological polar surface area (TPSA) is 47.6 Å². The standard InChI is InChI=1S/C19H26BrNO3/c1-23-17(22)14-24-19(15-3-2-4-16(20)13-15)7-5-18(6-8-19)9-11-21-12-10-18/h2-4,13,21H,5-12,14H2,1H3. The van der Waals surface area contributed by atoms with E-state index < -0.39 is 0 Å². The molecule has 0 bridgehead atoms. The fraction of sp³-hybridized carbons (Fsp3) is 0.632. The summed E-state index contributed by atoms with van der Waals surface area (Å²) in [6, 6.07) is 8.30. The first-order chi connectivity index (χ1) is 11.6. The fourth-order valence-electron chi connectivity index (χ4n) is 4.19. The van der Waals surface area contributed by atoms with Crippen molar-refractivity contribution in [3.05, 3.63) is 34.3 Å². The molecule has 0 amide bonds. The van der Waals surface area contributed by atoms with Gasteiger partial charge in [0.1, 0.15) is 6.61 Å². The number of hydrogen-bond donors (Lipinski definition) is 1. The third-order valence-corrected chi connectivity index (χ3v) is 6.32. The predicted octanol–water partition coefficient (Wildman–Crippen LogP) is 3.78. The van der Waals surface area contributed by atoms with Gasteiger partial charge in [-0.3, -0.25) is 0 Å². The number of piperidine rings is 1. The molecule has 1 aliphatic heterocycles. The highest BCUT2D eigenvalue weighted by Crippen LogP contribution is 2.51. The summed E-state index contributed by atoms with van der Waals surface area (Å²) >= 11 is 3.56. The van der Waals surface area contributed by atoms with Crippen LogP contribution in [0.25, 0.3) is 0 Å². The molecule has 1 heterocycles. The second kappa shape index (κ2) is 7.54. The number of halogens is 1. The Morgan fingerprint density at radius 3 is 2.50 bits per heavy atom. The number of benzene rings is 1. The van der Waals surface area contributed by atoms with Gasteiger partial charge in [0, 0.05) is 4.47 Å². The van der Waals surface area contributed by atoms with Gasteiger partial charge in [0.15, 0.2) is 0 Å². The van der Waals surface area contributed by atoms with E-state index in [0.29, 0.717) is 5.41 Å². The molecule has 0 unspecified atom stereocenters. The van der Waals surface area contributed by atoms with Gasteiger partial charge in [0.25, 0.3) is 0 Å². The number of nitrogens with one attached hydrogen (secondary N) is 1. The molecule has 0 aromatic heterocycles. The van der Waals surface area contributed by atoms with Crippen LogP contribution in [0.3, 0.4) is 0 Å². The van der Waals surface area contributed by atoms with Crippen LogP contribution in [-0.2, 0) is 19.9 Å². The van der Waals surface area contributed by atoms with Crippen molar-refractivity contribution >= 4 is 21.9 Å². The maximum atomic E-state index is 11.6. The van der Waals surface area contributed by atoms with Crippen LogP contribution in [-0.4, -0.2) is 32.8 Å². The monoisotopic (exact) mass is 395 g/mol. The Hall–Kier alpha value is -0.910. The van der Waals surface area contributed by atoms with Gasteiger partial charge < -0.3 is 14.8 Å². The largest absolute Gasteiger partial charge is 0.467 e. The van der Waals surface area contributed by atoms with Crippen molar-refractivity contribution in [1.29, 1.82) is 0 Å². The highest BCUT2D eigenvalue weighted by atomic mass is 79.9. The van der Waals surface area contributed by atoms with Crippen LogP contribution in [0, 0.1) is 5.41 Å². The molecule has 1 saturated heterocycles. The lowest BCUT2D eigenvalue weighted by Gasteiger charge is -2.48. The van der Waals surface area contributed by atoms with Crippen LogP contribution in [0.2, 0.25) is 0 Å². The van der Waals surface area contributed by atoms with E-state index in [1.807, 2.05) is 12.1 Å². The van der Waals surface area contributed by atoms with Crippen LogP contribution in [0.5, 0.6) is 0 Å². The van der Waals surface area contributed by atoms with Crippen LogP contribution in [0.15, 0.2) is 28.7 Å². The first-order valence-corrected chi connectivity index (χ1v) is 9.54. The van der Waals surface area contributed by atoms with E-state index in [1.54, 1.807) is 0 Å². The number of methoxy groups -OCH3 is 1. The Labute approximate surface area is 152 Å². The molecule has 2 aliphatic rings. The van der Waals surface area contributed by atoms with E-state index in [2.05, 4.69) is 33.4 Å². The lowest BCUT2D eigenvalue weighted by molar-refractivity contribution is -0.160. The van der Waals surface area contributed by atoms with Gasteiger partial charge in [-0.15, -0.1) is 0 Å². The second-order valence-electron chi connectivity index (χ2n) is 7.12. The number of hydrogen-bond acceptors (Lipinski definition) is 4. The van der Waals surface area contributed by atoms with Gasteiger partial charge >= 0.3 is 5.97 Å². The lowest BCUT2D eigenvalue weighted by atomic mass is 9.63. The SMILES string of the molecule is COC(=O)COC1(c2cccc(Br)c2)CCC2(CCNCC2)CC1. The summed E-state index contributed by atoms with van der Waals surface area (Å²) in [7, 11) is 1.41. The van der Waals surface area contributed by atoms with Crippen molar-refractivity contribution < 1.29 is 14.3 Å². The first-order valence-electron chi connectivity index (χ1n) is 8.75. The maximum absolute atomic E-state index is 11.6. The number of carbonyl (C=O) groups excluding carboxylic acids is 1. The summed E-state index contributed by atoms with van der Waals surface area (Å²) in [6.45, 7) is 2.25. The van der Waals surface area contributed by atoms with E-state index in [4.69, 9.17) is 9.47 Å². The zero-order valence-corrected chi connectivity index (χ0v) is 15.9. The van der Waals surface area contributed by atoms with Crippen molar-refractivity contribution in [2.24, 2.45) is 5.41 Å². The summed E-state index contributed by atoms with van der Waals surface area (Å²) in [5.41, 5.74) is 1.23. The smallest absolute Gasteiger partial charge is 0.331 e. The minimum atomic E-state index is -0.381. The van der Waals surface area contributed by atoms with E-state index in [-0.39, 0.29) is 18.2 Å². The van der Waals surface area contributed by atoms with Crippen molar-refractivity contribution in [2.75, 3.05) is 26.8 Å². The highest BCUT2D eigenvalue weighted by molar-refractivity contribution is 9.10. The van der Waals surface area contributed by atoms with E-state index in [9.17, 15) is 4.79 Å². The van der Waals surface area contributed by atoms with Gasteiger partial charge in [0.05, 0.1) is 12.7 Å². The molecule has 1 aliphatic carbocycles. The van der Waals surface area contributed by atoms with Crippen LogP contribution in [0.4, 0.5) is 0 Å². The van der Waals surface area contributed by atoms with Crippen LogP contribution in [0.1, 0.15) is 44.1 Å². The average molecular weight is 396 g/mol. The zero-order valence-electron chi connectivity index (χ0n) is 14.3. The van der Waals surface area contributed by atoms with E-state index in [0.717, 1.165) is 48.8 Å². The molecule has 4 nitrogen and oxygen atoms in total. The Kier molecular flexibility index (Phi) is 5.63. The minimum Gasteiger partial charge on any atom is -0.467 e. The minimum absolute atomic E-state index is 0.0115. The van der Waals surface area contributed by atoms with E-state index >= 15 is 0 Å². The summed E-state index contributed by atoms with van der Waals surface area (Å²) in [5.74, 6) is -0.313. The average Bonchev–Trinajstić information content (AvgIpc) is 2.62. The number of rotatable bonds is 4. The van der Waals surface area contributed by atoms with E-state index in [1.165, 1.54) is 20.0 Å². The molecule has 1 spiro atoms. The third-order valence-electron chi connectivity index (χ3n) is 5.83. The van der Waals surface area contributed by atoms with Gasteiger partial charge in [-0.1, -0.05) is 28.1 Å². The molecule has 1 saturated carbocycles. The summed E-state index contributed by atoms with van der Waals surface area (Å²) in [4.78, 5) is 11.6. The zero-order chi connectivity index (χ0) is 17.0. The molecule has 0 atom stereocenters. The summed E-state index contributed by atoms with van der Waals surface area (Å²) in [6.07, 6.45) is 6.72. The molecular weight excluding hydrogens is 370 g/mol. The third kappa shape index (κ3) is 3.84. The van der Waals surface area contributed by atoms with Gasteiger partial charge in [0.2, 0.25) is 0 Å². The Morgan fingerprint density at radius 1 is 1.17 bits per heavy atom. The van der Waals surface area contributed by atoms with Gasteiger partial charge in [-0.25, -0.2) is 4.79 Å². The Bertz CT molecular complexity index is 574. The highest BCUT2D eigenvalue weighted by Gasteiger charge is 2.45. The maximum Gasteiger partial charge on any atom is 0.331 e.